The number of rotatable bonds is 8. The van der Waals surface area contributed by atoms with Gasteiger partial charge >= 0.3 is 0 Å². The van der Waals surface area contributed by atoms with Crippen LogP contribution < -0.4 is 10.5 Å². The number of aryl methyl sites for hydroxylation is 2. The summed E-state index contributed by atoms with van der Waals surface area (Å²) in [5, 5.41) is 13.9. The second kappa shape index (κ2) is 10.4. The Morgan fingerprint density at radius 3 is 2.64 bits per heavy atom. The van der Waals surface area contributed by atoms with Crippen molar-refractivity contribution in [2.24, 2.45) is 11.7 Å². The molecule has 3 aromatic rings. The van der Waals surface area contributed by atoms with E-state index in [1.807, 2.05) is 38.1 Å². The molecule has 3 N–H and O–H groups in total. The minimum Gasteiger partial charge on any atom is -0.491 e. The Hall–Kier alpha value is -2.77. The minimum atomic E-state index is -0.697. The van der Waals surface area contributed by atoms with Crippen molar-refractivity contribution in [2.75, 3.05) is 13.2 Å². The Morgan fingerprint density at radius 2 is 1.94 bits per heavy atom. The zero-order chi connectivity index (χ0) is 23.4. The average Bonchev–Trinajstić information content (AvgIpc) is 3.17. The van der Waals surface area contributed by atoms with Crippen LogP contribution in [0.5, 0.6) is 5.75 Å². The number of aliphatic hydroxyl groups is 1. The van der Waals surface area contributed by atoms with E-state index in [1.54, 1.807) is 0 Å². The van der Waals surface area contributed by atoms with E-state index < -0.39 is 6.10 Å². The molecule has 176 valence electrons. The Bertz CT molecular complexity index is 1070. The van der Waals surface area contributed by atoms with E-state index in [4.69, 9.17) is 25.0 Å². The summed E-state index contributed by atoms with van der Waals surface area (Å²) in [7, 11) is 0. The van der Waals surface area contributed by atoms with Crippen LogP contribution in [-0.2, 0) is 6.42 Å². The SMILES string of the molecule is Cc1noc(C)c1-c1nc(-c2cccc(OCC(O)CN)c2)nc(CC2CCCCC2)c1C. The predicted octanol–water partition coefficient (Wildman–Crippen LogP) is 4.55. The molecule has 33 heavy (non-hydrogen) atoms. The molecule has 0 spiro atoms. The molecule has 7 nitrogen and oxygen atoms in total. The molecule has 0 bridgehead atoms. The van der Waals surface area contributed by atoms with Crippen LogP contribution in [0.15, 0.2) is 28.8 Å². The predicted molar refractivity (Wildman–Crippen MR) is 128 cm³/mol. The van der Waals surface area contributed by atoms with E-state index >= 15 is 0 Å². The molecular weight excluding hydrogens is 416 g/mol. The number of benzene rings is 1. The molecule has 0 amide bonds. The first-order valence-electron chi connectivity index (χ1n) is 11.9. The summed E-state index contributed by atoms with van der Waals surface area (Å²) in [6.45, 7) is 6.29. The third-order valence-electron chi connectivity index (χ3n) is 6.53. The van der Waals surface area contributed by atoms with Crippen molar-refractivity contribution in [3.05, 3.63) is 47.0 Å². The molecule has 4 rings (SSSR count). The molecule has 2 aromatic heterocycles. The molecule has 0 aliphatic heterocycles. The molecular formula is C26H34N4O3. The topological polar surface area (TPSA) is 107 Å². The van der Waals surface area contributed by atoms with Crippen LogP contribution in [0.25, 0.3) is 22.6 Å². The maximum atomic E-state index is 9.73. The average molecular weight is 451 g/mol. The van der Waals surface area contributed by atoms with Crippen molar-refractivity contribution >= 4 is 0 Å². The van der Waals surface area contributed by atoms with E-state index in [9.17, 15) is 5.11 Å². The van der Waals surface area contributed by atoms with Gasteiger partial charge in [0.05, 0.1) is 17.0 Å². The Balaban J connectivity index is 1.74. The molecule has 0 saturated heterocycles. The monoisotopic (exact) mass is 450 g/mol. The van der Waals surface area contributed by atoms with Crippen LogP contribution >= 0.6 is 0 Å². The van der Waals surface area contributed by atoms with Crippen molar-refractivity contribution in [3.8, 4) is 28.4 Å². The zero-order valence-corrected chi connectivity index (χ0v) is 19.8. The van der Waals surface area contributed by atoms with Gasteiger partial charge in [0.15, 0.2) is 5.82 Å². The zero-order valence-electron chi connectivity index (χ0n) is 19.8. The standard InChI is InChI=1S/C26H34N4O3/c1-16-23(12-19-8-5-4-6-9-19)28-26(29-25(16)24-17(2)30-33-18(24)3)20-10-7-11-22(13-20)32-15-21(31)14-27/h7,10-11,13,19,21,31H,4-6,8-9,12,14-15,27H2,1-3H3. The van der Waals surface area contributed by atoms with Crippen molar-refractivity contribution < 1.29 is 14.4 Å². The van der Waals surface area contributed by atoms with Crippen molar-refractivity contribution in [2.45, 2.75) is 65.4 Å². The highest BCUT2D eigenvalue weighted by atomic mass is 16.5. The molecule has 1 unspecified atom stereocenters. The first-order valence-corrected chi connectivity index (χ1v) is 11.9. The van der Waals surface area contributed by atoms with Crippen molar-refractivity contribution in [1.29, 1.82) is 0 Å². The van der Waals surface area contributed by atoms with Gasteiger partial charge in [0.2, 0.25) is 0 Å². The lowest BCUT2D eigenvalue weighted by atomic mass is 9.85. The van der Waals surface area contributed by atoms with E-state index in [0.29, 0.717) is 17.5 Å². The molecule has 7 heteroatoms. The lowest BCUT2D eigenvalue weighted by Crippen LogP contribution is -2.26. The van der Waals surface area contributed by atoms with Crippen molar-refractivity contribution in [3.63, 3.8) is 0 Å². The van der Waals surface area contributed by atoms with Gasteiger partial charge in [-0.25, -0.2) is 9.97 Å². The second-order valence-electron chi connectivity index (χ2n) is 9.10. The lowest BCUT2D eigenvalue weighted by Gasteiger charge is -2.22. The summed E-state index contributed by atoms with van der Waals surface area (Å²) in [5.74, 6) is 2.73. The summed E-state index contributed by atoms with van der Waals surface area (Å²) < 4.78 is 11.2. The van der Waals surface area contributed by atoms with Gasteiger partial charge in [-0.05, 0) is 50.8 Å². The third kappa shape index (κ3) is 5.42. The van der Waals surface area contributed by atoms with E-state index in [0.717, 1.165) is 46.0 Å². The smallest absolute Gasteiger partial charge is 0.160 e. The minimum absolute atomic E-state index is 0.145. The number of nitrogens with zero attached hydrogens (tertiary/aromatic N) is 3. The molecule has 1 saturated carbocycles. The lowest BCUT2D eigenvalue weighted by molar-refractivity contribution is 0.114. The summed E-state index contributed by atoms with van der Waals surface area (Å²) in [4.78, 5) is 10.0. The molecule has 1 aliphatic carbocycles. The number of ether oxygens (including phenoxy) is 1. The van der Waals surface area contributed by atoms with Crippen LogP contribution in [0.1, 0.15) is 54.8 Å². The normalized spacial score (nSPS) is 15.5. The van der Waals surface area contributed by atoms with E-state index in [-0.39, 0.29) is 13.2 Å². The Labute approximate surface area is 195 Å². The van der Waals surface area contributed by atoms with Gasteiger partial charge in [0.1, 0.15) is 24.2 Å². The van der Waals surface area contributed by atoms with Crippen LogP contribution in [0.4, 0.5) is 0 Å². The summed E-state index contributed by atoms with van der Waals surface area (Å²) in [6.07, 6.45) is 6.70. The maximum absolute atomic E-state index is 9.73. The third-order valence-corrected chi connectivity index (χ3v) is 6.53. The van der Waals surface area contributed by atoms with Crippen LogP contribution in [0.3, 0.4) is 0 Å². The molecule has 1 aromatic carbocycles. The van der Waals surface area contributed by atoms with Gasteiger partial charge in [0, 0.05) is 17.8 Å². The molecule has 1 atom stereocenters. The number of nitrogens with two attached hydrogens (primary N) is 1. The van der Waals surface area contributed by atoms with E-state index in [1.165, 1.54) is 32.1 Å². The first kappa shape index (κ1) is 23.4. The highest BCUT2D eigenvalue weighted by Gasteiger charge is 2.23. The fourth-order valence-corrected chi connectivity index (χ4v) is 4.61. The fraction of sp³-hybridized carbons (Fsp3) is 0.500. The number of hydrogen-bond acceptors (Lipinski definition) is 7. The van der Waals surface area contributed by atoms with E-state index in [2.05, 4.69) is 12.1 Å². The Kier molecular flexibility index (Phi) is 7.40. The van der Waals surface area contributed by atoms with Gasteiger partial charge in [-0.15, -0.1) is 0 Å². The van der Waals surface area contributed by atoms with Gasteiger partial charge in [-0.1, -0.05) is 49.4 Å². The summed E-state index contributed by atoms with van der Waals surface area (Å²) >= 11 is 0. The number of hydrogen-bond donors (Lipinski definition) is 2. The molecule has 0 radical (unpaired) electrons. The van der Waals surface area contributed by atoms with Gasteiger partial charge in [-0.2, -0.15) is 0 Å². The highest BCUT2D eigenvalue weighted by molar-refractivity contribution is 5.71. The maximum Gasteiger partial charge on any atom is 0.160 e. The Morgan fingerprint density at radius 1 is 1.15 bits per heavy atom. The van der Waals surface area contributed by atoms with Crippen LogP contribution in [0.2, 0.25) is 0 Å². The van der Waals surface area contributed by atoms with Gasteiger partial charge < -0.3 is 20.1 Å². The van der Waals surface area contributed by atoms with Gasteiger partial charge in [-0.3, -0.25) is 0 Å². The van der Waals surface area contributed by atoms with Crippen LogP contribution in [0, 0.1) is 26.7 Å². The summed E-state index contributed by atoms with van der Waals surface area (Å²) in [6, 6.07) is 7.67. The number of aromatic nitrogens is 3. The van der Waals surface area contributed by atoms with Crippen LogP contribution in [-0.4, -0.2) is 39.5 Å². The fourth-order valence-electron chi connectivity index (χ4n) is 4.61. The second-order valence-corrected chi connectivity index (χ2v) is 9.10. The quantitative estimate of drug-likeness (QED) is 0.518. The largest absolute Gasteiger partial charge is 0.491 e. The molecule has 1 aliphatic rings. The first-order chi connectivity index (χ1) is 16.0. The molecule has 1 fully saturated rings. The highest BCUT2D eigenvalue weighted by Crippen LogP contribution is 2.34. The summed E-state index contributed by atoms with van der Waals surface area (Å²) in [5.41, 5.74) is 11.2. The van der Waals surface area contributed by atoms with Gasteiger partial charge in [0.25, 0.3) is 0 Å². The van der Waals surface area contributed by atoms with Crippen molar-refractivity contribution in [1.82, 2.24) is 15.1 Å². The number of aliphatic hydroxyl groups excluding tert-OH is 1. The molecule has 2 heterocycles.